The summed E-state index contributed by atoms with van der Waals surface area (Å²) < 4.78 is 28.1. The summed E-state index contributed by atoms with van der Waals surface area (Å²) >= 11 is 0. The highest BCUT2D eigenvalue weighted by Crippen LogP contribution is 2.17. The minimum absolute atomic E-state index is 0.0305. The largest absolute Gasteiger partial charge is 0.357 e. The molecule has 0 bridgehead atoms. The molecule has 0 saturated heterocycles. The van der Waals surface area contributed by atoms with Crippen molar-refractivity contribution in [2.45, 2.75) is 13.0 Å². The number of hydrogen-bond donors (Lipinski definition) is 2. The van der Waals surface area contributed by atoms with Crippen LogP contribution in [0.4, 0.5) is 8.78 Å². The molecule has 3 rings (SSSR count). The monoisotopic (exact) mass is 385 g/mol. The highest BCUT2D eigenvalue weighted by molar-refractivity contribution is 5.96. The maximum Gasteiger partial charge on any atom is 0.274 e. The Morgan fingerprint density at radius 2 is 1.79 bits per heavy atom. The van der Waals surface area contributed by atoms with Gasteiger partial charge in [0, 0.05) is 7.05 Å². The van der Waals surface area contributed by atoms with Crippen LogP contribution >= 0.6 is 0 Å². The Morgan fingerprint density at radius 3 is 2.43 bits per heavy atom. The average molecular weight is 385 g/mol. The lowest BCUT2D eigenvalue weighted by molar-refractivity contribution is -0.122. The van der Waals surface area contributed by atoms with E-state index in [0.717, 1.165) is 17.7 Å². The first-order valence-corrected chi connectivity index (χ1v) is 8.36. The van der Waals surface area contributed by atoms with Gasteiger partial charge in [-0.05, 0) is 36.8 Å². The van der Waals surface area contributed by atoms with E-state index in [-0.39, 0.29) is 11.3 Å². The molecule has 0 saturated carbocycles. The molecule has 2 N–H and O–H groups in total. The molecule has 1 atom stereocenters. The van der Waals surface area contributed by atoms with Crippen LogP contribution in [-0.2, 0) is 4.79 Å². The van der Waals surface area contributed by atoms with E-state index in [0.29, 0.717) is 5.69 Å². The zero-order chi connectivity index (χ0) is 20.3. The van der Waals surface area contributed by atoms with E-state index in [1.807, 2.05) is 31.2 Å². The van der Waals surface area contributed by atoms with Gasteiger partial charge in [-0.3, -0.25) is 9.59 Å². The van der Waals surface area contributed by atoms with E-state index in [1.54, 1.807) is 0 Å². The molecule has 9 heteroatoms. The standard InChI is InChI=1S/C19H17F2N5O2/c1-11-3-6-13(7-4-11)26-10-16(24-25-26)18(27)23-17(19(28)22-2)12-5-8-14(20)15(21)9-12/h3-10,17H,1-2H3,(H,22,28)(H,23,27). The molecular weight excluding hydrogens is 368 g/mol. The van der Waals surface area contributed by atoms with Crippen LogP contribution in [0.1, 0.15) is 27.7 Å². The zero-order valence-corrected chi connectivity index (χ0v) is 15.1. The molecule has 2 aromatic carbocycles. The number of carbonyl (C=O) groups is 2. The molecule has 0 spiro atoms. The summed E-state index contributed by atoms with van der Waals surface area (Å²) in [7, 11) is 1.37. The van der Waals surface area contributed by atoms with Crippen LogP contribution in [0.3, 0.4) is 0 Å². The van der Waals surface area contributed by atoms with Gasteiger partial charge in [0.1, 0.15) is 6.04 Å². The Hall–Kier alpha value is -3.62. The molecule has 2 amide bonds. The predicted molar refractivity (Wildman–Crippen MR) is 96.7 cm³/mol. The molecule has 0 radical (unpaired) electrons. The highest BCUT2D eigenvalue weighted by atomic mass is 19.2. The lowest BCUT2D eigenvalue weighted by atomic mass is 10.1. The summed E-state index contributed by atoms with van der Waals surface area (Å²) in [6.07, 6.45) is 1.41. The summed E-state index contributed by atoms with van der Waals surface area (Å²) in [5, 5.41) is 12.6. The van der Waals surface area contributed by atoms with E-state index in [9.17, 15) is 18.4 Å². The molecule has 144 valence electrons. The van der Waals surface area contributed by atoms with Gasteiger partial charge in [-0.1, -0.05) is 29.0 Å². The van der Waals surface area contributed by atoms with Crippen molar-refractivity contribution in [3.8, 4) is 5.69 Å². The smallest absolute Gasteiger partial charge is 0.274 e. The summed E-state index contributed by atoms with van der Waals surface area (Å²) in [4.78, 5) is 24.7. The van der Waals surface area contributed by atoms with Crippen molar-refractivity contribution >= 4 is 11.8 Å². The van der Waals surface area contributed by atoms with Gasteiger partial charge >= 0.3 is 0 Å². The second-order valence-electron chi connectivity index (χ2n) is 6.08. The van der Waals surface area contributed by atoms with Gasteiger partial charge in [-0.2, -0.15) is 0 Å². The van der Waals surface area contributed by atoms with Crippen LogP contribution in [0.5, 0.6) is 0 Å². The van der Waals surface area contributed by atoms with E-state index in [4.69, 9.17) is 0 Å². The Bertz CT molecular complexity index is 1020. The molecule has 0 aliphatic rings. The first kappa shape index (κ1) is 19.2. The van der Waals surface area contributed by atoms with Crippen LogP contribution in [0, 0.1) is 18.6 Å². The van der Waals surface area contributed by atoms with Gasteiger partial charge in [0.25, 0.3) is 5.91 Å². The molecule has 0 aliphatic carbocycles. The summed E-state index contributed by atoms with van der Waals surface area (Å²) in [6.45, 7) is 1.95. The third-order valence-corrected chi connectivity index (χ3v) is 4.09. The average Bonchev–Trinajstić information content (AvgIpc) is 3.18. The van der Waals surface area contributed by atoms with Crippen LogP contribution < -0.4 is 10.6 Å². The maximum absolute atomic E-state index is 13.5. The highest BCUT2D eigenvalue weighted by Gasteiger charge is 2.25. The number of benzene rings is 2. The number of aryl methyl sites for hydroxylation is 1. The minimum Gasteiger partial charge on any atom is -0.357 e. The molecule has 1 heterocycles. The Kier molecular flexibility index (Phi) is 5.44. The first-order chi connectivity index (χ1) is 13.4. The van der Waals surface area contributed by atoms with Crippen LogP contribution in [0.2, 0.25) is 0 Å². The van der Waals surface area contributed by atoms with Crippen LogP contribution in [0.15, 0.2) is 48.7 Å². The van der Waals surface area contributed by atoms with Gasteiger partial charge in [-0.15, -0.1) is 5.10 Å². The van der Waals surface area contributed by atoms with Crippen molar-refractivity contribution in [2.75, 3.05) is 7.05 Å². The number of likely N-dealkylation sites (N-methyl/N-ethyl adjacent to an activating group) is 1. The Balaban J connectivity index is 1.83. The molecule has 1 aromatic heterocycles. The second-order valence-corrected chi connectivity index (χ2v) is 6.08. The van der Waals surface area contributed by atoms with Gasteiger partial charge in [0.05, 0.1) is 11.9 Å². The van der Waals surface area contributed by atoms with Crippen molar-refractivity contribution in [1.29, 1.82) is 0 Å². The summed E-state index contributed by atoms with van der Waals surface area (Å²) in [6, 6.07) is 9.17. The molecule has 28 heavy (non-hydrogen) atoms. The third-order valence-electron chi connectivity index (χ3n) is 4.09. The number of aromatic nitrogens is 3. The van der Waals surface area contributed by atoms with Gasteiger partial charge in [0.15, 0.2) is 17.3 Å². The van der Waals surface area contributed by atoms with E-state index >= 15 is 0 Å². The number of hydrogen-bond acceptors (Lipinski definition) is 4. The normalized spacial score (nSPS) is 11.7. The van der Waals surface area contributed by atoms with Crippen LogP contribution in [0.25, 0.3) is 5.69 Å². The SMILES string of the molecule is CNC(=O)C(NC(=O)c1cn(-c2ccc(C)cc2)nn1)c1ccc(F)c(F)c1. The fraction of sp³-hybridized carbons (Fsp3) is 0.158. The van der Waals surface area contributed by atoms with Gasteiger partial charge in [0.2, 0.25) is 5.91 Å². The summed E-state index contributed by atoms with van der Waals surface area (Å²) in [5.41, 5.74) is 1.84. The van der Waals surface area contributed by atoms with Gasteiger partial charge < -0.3 is 10.6 Å². The number of amides is 2. The van der Waals surface area contributed by atoms with Crippen molar-refractivity contribution in [1.82, 2.24) is 25.6 Å². The van der Waals surface area contributed by atoms with E-state index in [2.05, 4.69) is 20.9 Å². The number of nitrogens with one attached hydrogen (secondary N) is 2. The first-order valence-electron chi connectivity index (χ1n) is 8.36. The zero-order valence-electron chi connectivity index (χ0n) is 15.1. The topological polar surface area (TPSA) is 88.9 Å². The molecule has 0 fully saturated rings. The molecule has 3 aromatic rings. The lowest BCUT2D eigenvalue weighted by Gasteiger charge is -2.17. The number of rotatable bonds is 5. The molecule has 7 nitrogen and oxygen atoms in total. The third kappa shape index (κ3) is 4.03. The minimum atomic E-state index is -1.22. The van der Waals surface area contributed by atoms with E-state index in [1.165, 1.54) is 24.0 Å². The molecule has 1 unspecified atom stereocenters. The number of nitrogens with zero attached hydrogens (tertiary/aromatic N) is 3. The molecular formula is C19H17F2N5O2. The van der Waals surface area contributed by atoms with Crippen molar-refractivity contribution in [3.63, 3.8) is 0 Å². The Morgan fingerprint density at radius 1 is 1.07 bits per heavy atom. The maximum atomic E-state index is 13.5. The Labute approximate surface area is 159 Å². The van der Waals surface area contributed by atoms with Crippen molar-refractivity contribution in [3.05, 3.63) is 77.1 Å². The quantitative estimate of drug-likeness (QED) is 0.704. The van der Waals surface area contributed by atoms with E-state index < -0.39 is 29.5 Å². The number of halogens is 2. The predicted octanol–water partition coefficient (Wildman–Crippen LogP) is 2.07. The fourth-order valence-electron chi connectivity index (χ4n) is 2.53. The van der Waals surface area contributed by atoms with Crippen LogP contribution in [-0.4, -0.2) is 33.9 Å². The summed E-state index contributed by atoms with van der Waals surface area (Å²) in [5.74, 6) is -3.44. The lowest BCUT2D eigenvalue weighted by Crippen LogP contribution is -2.39. The second kappa shape index (κ2) is 7.95. The van der Waals surface area contributed by atoms with Crippen molar-refractivity contribution < 1.29 is 18.4 Å². The molecule has 0 aliphatic heterocycles. The fourth-order valence-corrected chi connectivity index (χ4v) is 2.53. The van der Waals surface area contributed by atoms with Gasteiger partial charge in [-0.25, -0.2) is 13.5 Å². The number of carbonyl (C=O) groups excluding carboxylic acids is 2. The van der Waals surface area contributed by atoms with Crippen molar-refractivity contribution in [2.24, 2.45) is 0 Å².